The number of benzene rings is 1. The van der Waals surface area contributed by atoms with Crippen molar-refractivity contribution in [3.05, 3.63) is 48.3 Å². The average molecular weight is 364 g/mol. The highest BCUT2D eigenvalue weighted by Gasteiger charge is 2.38. The minimum atomic E-state index is 0.138. The minimum absolute atomic E-state index is 0.138. The summed E-state index contributed by atoms with van der Waals surface area (Å²) in [7, 11) is 0. The zero-order valence-corrected chi connectivity index (χ0v) is 15.8. The third kappa shape index (κ3) is 3.41. The Bertz CT molecular complexity index is 798. The van der Waals surface area contributed by atoms with Gasteiger partial charge in [0.25, 0.3) is 5.91 Å². The molecule has 5 nitrogen and oxygen atoms in total. The summed E-state index contributed by atoms with van der Waals surface area (Å²) in [5.41, 5.74) is 1.69. The molecule has 4 fully saturated rings. The minimum Gasteiger partial charge on any atom is -0.337 e. The summed E-state index contributed by atoms with van der Waals surface area (Å²) in [4.78, 5) is 18.0. The van der Waals surface area contributed by atoms with Crippen LogP contribution in [0, 0.1) is 11.8 Å². The maximum absolute atomic E-state index is 13.2. The number of nitrogens with zero attached hydrogens (tertiary/aromatic N) is 4. The highest BCUT2D eigenvalue weighted by atomic mass is 16.2. The van der Waals surface area contributed by atoms with Crippen molar-refractivity contribution in [3.63, 3.8) is 0 Å². The van der Waals surface area contributed by atoms with E-state index in [4.69, 9.17) is 0 Å². The Kier molecular flexibility index (Phi) is 4.48. The molecule has 2 aromatic rings. The predicted octanol–water partition coefficient (Wildman–Crippen LogP) is 3.21. The van der Waals surface area contributed by atoms with E-state index in [0.29, 0.717) is 17.5 Å². The number of aromatic nitrogens is 2. The zero-order chi connectivity index (χ0) is 18.2. The fourth-order valence-electron chi connectivity index (χ4n) is 4.91. The van der Waals surface area contributed by atoms with Gasteiger partial charge in [-0.05, 0) is 49.7 Å². The van der Waals surface area contributed by atoms with Crippen LogP contribution in [0.4, 0.5) is 0 Å². The molecule has 3 aliphatic heterocycles. The molecule has 6 rings (SSSR count). The van der Waals surface area contributed by atoms with Crippen LogP contribution < -0.4 is 0 Å². The highest BCUT2D eigenvalue weighted by Crippen LogP contribution is 2.33. The van der Waals surface area contributed by atoms with Gasteiger partial charge in [0, 0.05) is 38.4 Å². The molecule has 1 aliphatic carbocycles. The number of hydrogen-bond donors (Lipinski definition) is 0. The van der Waals surface area contributed by atoms with Crippen LogP contribution in [-0.4, -0.2) is 57.7 Å². The lowest BCUT2D eigenvalue weighted by Gasteiger charge is -2.40. The molecular formula is C22H28N4O. The summed E-state index contributed by atoms with van der Waals surface area (Å²) in [6, 6.07) is 10.5. The number of para-hydroxylation sites is 1. The van der Waals surface area contributed by atoms with Crippen molar-refractivity contribution in [1.29, 1.82) is 0 Å². The van der Waals surface area contributed by atoms with Crippen molar-refractivity contribution in [3.8, 4) is 5.69 Å². The summed E-state index contributed by atoms with van der Waals surface area (Å²) in [5.74, 6) is 1.66. The molecule has 0 radical (unpaired) electrons. The van der Waals surface area contributed by atoms with E-state index in [1.54, 1.807) is 10.9 Å². The van der Waals surface area contributed by atoms with E-state index in [0.717, 1.165) is 24.7 Å². The lowest BCUT2D eigenvalue weighted by molar-refractivity contribution is 0.0717. The summed E-state index contributed by atoms with van der Waals surface area (Å²) >= 11 is 0. The van der Waals surface area contributed by atoms with Crippen LogP contribution in [0.1, 0.15) is 42.5 Å². The molecule has 27 heavy (non-hydrogen) atoms. The van der Waals surface area contributed by atoms with Crippen molar-refractivity contribution >= 4 is 5.91 Å². The molecule has 1 saturated carbocycles. The number of rotatable bonds is 4. The Morgan fingerprint density at radius 1 is 1.04 bits per heavy atom. The van der Waals surface area contributed by atoms with Crippen LogP contribution in [0.2, 0.25) is 0 Å². The van der Waals surface area contributed by atoms with Gasteiger partial charge in [0.05, 0.1) is 17.4 Å². The van der Waals surface area contributed by atoms with E-state index >= 15 is 0 Å². The molecule has 1 amide bonds. The van der Waals surface area contributed by atoms with Gasteiger partial charge in [-0.1, -0.05) is 24.6 Å². The SMILES string of the molecule is O=C(c1cnn(-c2ccccc2)c1)N1C[C@@H]2CC[C@H](C1)N(CC1CCC1)C2. The normalized spacial score (nSPS) is 26.0. The Morgan fingerprint density at radius 3 is 2.67 bits per heavy atom. The van der Waals surface area contributed by atoms with Gasteiger partial charge in [0.1, 0.15) is 0 Å². The van der Waals surface area contributed by atoms with Crippen molar-refractivity contribution < 1.29 is 4.79 Å². The molecule has 0 unspecified atom stereocenters. The molecule has 2 atom stereocenters. The molecule has 4 heterocycles. The fourth-order valence-corrected chi connectivity index (χ4v) is 4.91. The number of hydrogen-bond acceptors (Lipinski definition) is 3. The van der Waals surface area contributed by atoms with Gasteiger partial charge in [-0.25, -0.2) is 4.68 Å². The lowest BCUT2D eigenvalue weighted by atomic mass is 9.83. The third-order valence-electron chi connectivity index (χ3n) is 6.68. The molecule has 1 aromatic carbocycles. The first-order valence-corrected chi connectivity index (χ1v) is 10.4. The van der Waals surface area contributed by atoms with Crippen molar-refractivity contribution in [2.75, 3.05) is 26.2 Å². The lowest BCUT2D eigenvalue weighted by Crippen LogP contribution is -2.47. The van der Waals surface area contributed by atoms with Gasteiger partial charge in [0.2, 0.25) is 0 Å². The Balaban J connectivity index is 1.30. The average Bonchev–Trinajstić information content (AvgIpc) is 2.99. The molecule has 2 bridgehead atoms. The number of piperidine rings is 1. The molecule has 1 aromatic heterocycles. The van der Waals surface area contributed by atoms with Crippen LogP contribution in [0.5, 0.6) is 0 Å². The van der Waals surface area contributed by atoms with E-state index in [9.17, 15) is 4.79 Å². The molecule has 4 aliphatic rings. The quantitative estimate of drug-likeness (QED) is 0.837. The fraction of sp³-hybridized carbons (Fsp3) is 0.545. The molecule has 3 saturated heterocycles. The summed E-state index contributed by atoms with van der Waals surface area (Å²) < 4.78 is 1.79. The molecule has 142 valence electrons. The molecule has 0 spiro atoms. The van der Waals surface area contributed by atoms with E-state index in [2.05, 4.69) is 14.9 Å². The second-order valence-electron chi connectivity index (χ2n) is 8.57. The molecular weight excluding hydrogens is 336 g/mol. The van der Waals surface area contributed by atoms with E-state index < -0.39 is 0 Å². The van der Waals surface area contributed by atoms with Gasteiger partial charge >= 0.3 is 0 Å². The number of carbonyl (C=O) groups is 1. The summed E-state index contributed by atoms with van der Waals surface area (Å²) in [6.07, 6.45) is 10.3. The van der Waals surface area contributed by atoms with Crippen molar-refractivity contribution in [1.82, 2.24) is 19.6 Å². The summed E-state index contributed by atoms with van der Waals surface area (Å²) in [5, 5.41) is 4.41. The molecule has 0 N–H and O–H groups in total. The Hall–Kier alpha value is -2.14. The topological polar surface area (TPSA) is 41.4 Å². The second-order valence-corrected chi connectivity index (χ2v) is 8.57. The van der Waals surface area contributed by atoms with Crippen LogP contribution in [0.3, 0.4) is 0 Å². The van der Waals surface area contributed by atoms with Gasteiger partial charge < -0.3 is 4.90 Å². The van der Waals surface area contributed by atoms with Gasteiger partial charge in [-0.2, -0.15) is 5.10 Å². The maximum atomic E-state index is 13.2. The Labute approximate surface area is 161 Å². The number of amides is 1. The van der Waals surface area contributed by atoms with Crippen molar-refractivity contribution in [2.45, 2.75) is 38.1 Å². The zero-order valence-electron chi connectivity index (χ0n) is 15.8. The van der Waals surface area contributed by atoms with E-state index in [1.165, 1.54) is 45.2 Å². The monoisotopic (exact) mass is 364 g/mol. The van der Waals surface area contributed by atoms with Gasteiger partial charge in [0.15, 0.2) is 0 Å². The number of carbonyl (C=O) groups excluding carboxylic acids is 1. The van der Waals surface area contributed by atoms with Gasteiger partial charge in [-0.3, -0.25) is 9.69 Å². The third-order valence-corrected chi connectivity index (χ3v) is 6.68. The van der Waals surface area contributed by atoms with Crippen molar-refractivity contribution in [2.24, 2.45) is 11.8 Å². The standard InChI is InChI=1S/C22H28N4O/c27-22(19-11-23-26(15-19)20-7-2-1-3-8-20)25-14-18-9-10-21(16-25)24(13-18)12-17-5-4-6-17/h1-3,7-8,11,15,17-18,21H,4-6,9-10,12-14,16H2/t18-,21-/m1/s1. The number of fused-ring (bicyclic) bond motifs is 4. The molecule has 5 heteroatoms. The largest absolute Gasteiger partial charge is 0.337 e. The van der Waals surface area contributed by atoms with Gasteiger partial charge in [-0.15, -0.1) is 0 Å². The van der Waals surface area contributed by atoms with Crippen LogP contribution in [-0.2, 0) is 0 Å². The first kappa shape index (κ1) is 17.0. The smallest absolute Gasteiger partial charge is 0.257 e. The highest BCUT2D eigenvalue weighted by molar-refractivity contribution is 5.94. The van der Waals surface area contributed by atoms with E-state index in [-0.39, 0.29) is 5.91 Å². The first-order valence-electron chi connectivity index (χ1n) is 10.4. The maximum Gasteiger partial charge on any atom is 0.257 e. The van der Waals surface area contributed by atoms with Crippen LogP contribution in [0.25, 0.3) is 5.69 Å². The predicted molar refractivity (Wildman–Crippen MR) is 105 cm³/mol. The van der Waals surface area contributed by atoms with Crippen LogP contribution >= 0.6 is 0 Å². The second kappa shape index (κ2) is 7.12. The van der Waals surface area contributed by atoms with E-state index in [1.807, 2.05) is 36.5 Å². The van der Waals surface area contributed by atoms with Crippen LogP contribution in [0.15, 0.2) is 42.7 Å². The first-order chi connectivity index (χ1) is 13.3. The summed E-state index contributed by atoms with van der Waals surface area (Å²) in [6.45, 7) is 4.19. The Morgan fingerprint density at radius 2 is 1.89 bits per heavy atom.